The molecule has 2 aromatic heterocycles. The Morgan fingerprint density at radius 1 is 0.732 bits per heavy atom. The fourth-order valence-corrected chi connectivity index (χ4v) is 5.48. The van der Waals surface area contributed by atoms with Gasteiger partial charge in [-0.1, -0.05) is 60.4 Å². The third kappa shape index (κ3) is 5.49. The lowest BCUT2D eigenvalue weighted by atomic mass is 9.97. The molecule has 5 rings (SSSR count). The Hall–Kier alpha value is -4.75. The van der Waals surface area contributed by atoms with E-state index in [1.165, 1.54) is 0 Å². The molecule has 0 aliphatic heterocycles. The first-order valence-corrected chi connectivity index (χ1v) is 13.6. The number of aromatic nitrogens is 2. The zero-order chi connectivity index (χ0) is 28.8. The number of hydrogen-bond donors (Lipinski definition) is 0. The highest BCUT2D eigenvalue weighted by atomic mass is 16.5. The molecule has 0 aliphatic carbocycles. The summed E-state index contributed by atoms with van der Waals surface area (Å²) in [5.41, 5.74) is 6.23. The molecule has 0 bridgehead atoms. The standard InChI is InChI=1S/C35H32N2O4/c1-5-21-39-23-19-36-25(3)33(29-15-9-11-17-31(29)36)27-13-7-8-14-28(27)35(38)41-34-26(4)37(20-24-40-22-6-2)32-18-12-10-16-30(32)34/h1-2,7-18H,19-24H2,3-4H3. The maximum Gasteiger partial charge on any atom is 0.344 e. The lowest BCUT2D eigenvalue weighted by Crippen LogP contribution is -2.12. The number of terminal acetylenes is 2. The lowest BCUT2D eigenvalue weighted by molar-refractivity contribution is 0.0736. The Bertz CT molecular complexity index is 1800. The number of ether oxygens (including phenoxy) is 3. The smallest absolute Gasteiger partial charge is 0.344 e. The molecule has 6 heteroatoms. The average molecular weight is 545 g/mol. The first-order chi connectivity index (χ1) is 20.1. The summed E-state index contributed by atoms with van der Waals surface area (Å²) >= 11 is 0. The second-order valence-electron chi connectivity index (χ2n) is 9.66. The van der Waals surface area contributed by atoms with Gasteiger partial charge in [0.05, 0.1) is 30.0 Å². The van der Waals surface area contributed by atoms with Crippen molar-refractivity contribution in [3.05, 3.63) is 89.7 Å². The molecule has 206 valence electrons. The van der Waals surface area contributed by atoms with E-state index >= 15 is 0 Å². The Kier molecular flexibility index (Phi) is 8.56. The van der Waals surface area contributed by atoms with Crippen LogP contribution in [0.1, 0.15) is 21.7 Å². The topological polar surface area (TPSA) is 54.6 Å². The first-order valence-electron chi connectivity index (χ1n) is 13.6. The van der Waals surface area contributed by atoms with Crippen molar-refractivity contribution in [3.63, 3.8) is 0 Å². The summed E-state index contributed by atoms with van der Waals surface area (Å²) < 4.78 is 21.6. The molecule has 6 nitrogen and oxygen atoms in total. The number of nitrogens with zero attached hydrogens (tertiary/aromatic N) is 2. The molecule has 0 saturated carbocycles. The van der Waals surface area contributed by atoms with Crippen LogP contribution in [-0.2, 0) is 22.6 Å². The second kappa shape index (κ2) is 12.6. The van der Waals surface area contributed by atoms with Crippen molar-refractivity contribution in [2.45, 2.75) is 26.9 Å². The summed E-state index contributed by atoms with van der Waals surface area (Å²) in [4.78, 5) is 13.9. The minimum atomic E-state index is -0.413. The number of esters is 1. The quantitative estimate of drug-likeness (QED) is 0.110. The van der Waals surface area contributed by atoms with E-state index in [2.05, 4.69) is 40.0 Å². The van der Waals surface area contributed by atoms with Crippen LogP contribution in [0.25, 0.3) is 32.9 Å². The summed E-state index contributed by atoms with van der Waals surface area (Å²) in [6.07, 6.45) is 10.7. The van der Waals surface area contributed by atoms with Crippen LogP contribution in [0.5, 0.6) is 5.75 Å². The van der Waals surface area contributed by atoms with Crippen LogP contribution in [0, 0.1) is 38.5 Å². The van der Waals surface area contributed by atoms with Crippen LogP contribution in [0.15, 0.2) is 72.8 Å². The predicted molar refractivity (Wildman–Crippen MR) is 163 cm³/mol. The van der Waals surface area contributed by atoms with Gasteiger partial charge in [-0.2, -0.15) is 0 Å². The van der Waals surface area contributed by atoms with E-state index < -0.39 is 5.97 Å². The minimum absolute atomic E-state index is 0.255. The molecule has 0 aliphatic rings. The second-order valence-corrected chi connectivity index (χ2v) is 9.66. The third-order valence-electron chi connectivity index (χ3n) is 7.30. The van der Waals surface area contributed by atoms with E-state index in [0.29, 0.717) is 37.6 Å². The highest BCUT2D eigenvalue weighted by molar-refractivity contribution is 6.06. The molecule has 0 atom stereocenters. The third-order valence-corrected chi connectivity index (χ3v) is 7.30. The summed E-state index contributed by atoms with van der Waals surface area (Å²) in [5.74, 6) is 5.13. The van der Waals surface area contributed by atoms with Crippen molar-refractivity contribution in [2.24, 2.45) is 0 Å². The van der Waals surface area contributed by atoms with Crippen LogP contribution < -0.4 is 4.74 Å². The van der Waals surface area contributed by atoms with Gasteiger partial charge in [-0.3, -0.25) is 0 Å². The number of benzene rings is 3. The van der Waals surface area contributed by atoms with Gasteiger partial charge < -0.3 is 23.3 Å². The van der Waals surface area contributed by atoms with Crippen molar-refractivity contribution in [2.75, 3.05) is 26.4 Å². The summed E-state index contributed by atoms with van der Waals surface area (Å²) in [7, 11) is 0. The molecule has 0 fully saturated rings. The number of carbonyl (C=O) groups excluding carboxylic acids is 1. The van der Waals surface area contributed by atoms with Crippen molar-refractivity contribution in [1.82, 2.24) is 9.13 Å². The predicted octanol–water partition coefficient (Wildman–Crippen LogP) is 6.40. The molecular formula is C35H32N2O4. The Morgan fingerprint density at radius 3 is 1.93 bits per heavy atom. The maximum absolute atomic E-state index is 13.9. The Labute approximate surface area is 240 Å². The van der Waals surface area contributed by atoms with Crippen LogP contribution in [0.3, 0.4) is 0 Å². The SMILES string of the molecule is C#CCOCCn1c(C)c(OC(=O)c2ccccc2-c2c(C)n(CCOCC#C)c3ccccc23)c2ccccc21. The molecule has 0 amide bonds. The molecule has 0 unspecified atom stereocenters. The summed E-state index contributed by atoms with van der Waals surface area (Å²) in [6.45, 7) is 6.73. The highest BCUT2D eigenvalue weighted by Crippen LogP contribution is 2.38. The molecule has 5 aromatic rings. The molecule has 3 aromatic carbocycles. The zero-order valence-electron chi connectivity index (χ0n) is 23.4. The van der Waals surface area contributed by atoms with Gasteiger partial charge in [0.2, 0.25) is 0 Å². The van der Waals surface area contributed by atoms with Gasteiger partial charge in [-0.25, -0.2) is 4.79 Å². The number of fused-ring (bicyclic) bond motifs is 2. The number of para-hydroxylation sites is 2. The van der Waals surface area contributed by atoms with E-state index in [1.54, 1.807) is 0 Å². The van der Waals surface area contributed by atoms with Crippen LogP contribution in [0.2, 0.25) is 0 Å². The lowest BCUT2D eigenvalue weighted by Gasteiger charge is -2.12. The van der Waals surface area contributed by atoms with E-state index in [1.807, 2.05) is 67.6 Å². The van der Waals surface area contributed by atoms with E-state index in [-0.39, 0.29) is 13.2 Å². The Balaban J connectivity index is 1.52. The molecular weight excluding hydrogens is 512 g/mol. The number of hydrogen-bond acceptors (Lipinski definition) is 4. The minimum Gasteiger partial charge on any atom is -0.420 e. The van der Waals surface area contributed by atoms with Gasteiger partial charge in [0, 0.05) is 40.6 Å². The van der Waals surface area contributed by atoms with E-state index in [4.69, 9.17) is 27.1 Å². The number of rotatable bonds is 11. The maximum atomic E-state index is 13.9. The van der Waals surface area contributed by atoms with Crippen molar-refractivity contribution in [1.29, 1.82) is 0 Å². The van der Waals surface area contributed by atoms with Crippen LogP contribution in [-0.4, -0.2) is 41.5 Å². The normalized spacial score (nSPS) is 11.0. The van der Waals surface area contributed by atoms with Gasteiger partial charge in [0.25, 0.3) is 0 Å². The molecule has 41 heavy (non-hydrogen) atoms. The Morgan fingerprint density at radius 2 is 1.27 bits per heavy atom. The first kappa shape index (κ1) is 27.8. The number of carbonyl (C=O) groups is 1. The largest absolute Gasteiger partial charge is 0.420 e. The van der Waals surface area contributed by atoms with Gasteiger partial charge in [0.1, 0.15) is 13.2 Å². The van der Waals surface area contributed by atoms with Crippen molar-refractivity contribution in [3.8, 4) is 41.6 Å². The van der Waals surface area contributed by atoms with Crippen LogP contribution in [0.4, 0.5) is 0 Å². The molecule has 0 saturated heterocycles. The van der Waals surface area contributed by atoms with Crippen LogP contribution >= 0.6 is 0 Å². The molecule has 0 spiro atoms. The van der Waals surface area contributed by atoms with Crippen molar-refractivity contribution >= 4 is 27.8 Å². The van der Waals surface area contributed by atoms with E-state index in [9.17, 15) is 4.79 Å². The van der Waals surface area contributed by atoms with Gasteiger partial charge in [-0.05, 0) is 43.7 Å². The fourth-order valence-electron chi connectivity index (χ4n) is 5.48. The highest BCUT2D eigenvalue weighted by Gasteiger charge is 2.24. The average Bonchev–Trinajstić information content (AvgIpc) is 3.43. The summed E-state index contributed by atoms with van der Waals surface area (Å²) in [6, 6.07) is 23.7. The van der Waals surface area contributed by atoms with Crippen molar-refractivity contribution < 1.29 is 19.0 Å². The fraction of sp³-hybridized carbons (Fsp3) is 0.229. The summed E-state index contributed by atoms with van der Waals surface area (Å²) in [5, 5.41) is 1.93. The molecule has 0 N–H and O–H groups in total. The van der Waals surface area contributed by atoms with Gasteiger partial charge in [-0.15, -0.1) is 12.8 Å². The molecule has 0 radical (unpaired) electrons. The zero-order valence-corrected chi connectivity index (χ0v) is 23.4. The van der Waals surface area contributed by atoms with E-state index in [0.717, 1.165) is 44.3 Å². The monoisotopic (exact) mass is 544 g/mol. The van der Waals surface area contributed by atoms with Gasteiger partial charge >= 0.3 is 5.97 Å². The molecule has 2 heterocycles. The van der Waals surface area contributed by atoms with Gasteiger partial charge in [0.15, 0.2) is 5.75 Å².